The van der Waals surface area contributed by atoms with E-state index in [9.17, 15) is 4.79 Å². The molecule has 0 bridgehead atoms. The van der Waals surface area contributed by atoms with E-state index >= 15 is 0 Å². The number of carbonyl (C=O) groups is 1. The summed E-state index contributed by atoms with van der Waals surface area (Å²) in [5.74, 6) is 2.28. The van der Waals surface area contributed by atoms with Crippen molar-refractivity contribution >= 4 is 5.91 Å². The van der Waals surface area contributed by atoms with Gasteiger partial charge in [0.1, 0.15) is 0 Å². The molecule has 1 saturated heterocycles. The predicted molar refractivity (Wildman–Crippen MR) is 79.3 cm³/mol. The van der Waals surface area contributed by atoms with Gasteiger partial charge in [0.25, 0.3) is 0 Å². The minimum absolute atomic E-state index is 0.355. The van der Waals surface area contributed by atoms with E-state index in [0.717, 1.165) is 24.8 Å². The third kappa shape index (κ3) is 2.28. The van der Waals surface area contributed by atoms with Crippen LogP contribution in [0.1, 0.15) is 64.2 Å². The second kappa shape index (κ2) is 5.01. The van der Waals surface area contributed by atoms with Crippen molar-refractivity contribution in [3.8, 4) is 0 Å². The highest BCUT2D eigenvalue weighted by Crippen LogP contribution is 2.57. The minimum Gasteiger partial charge on any atom is -0.353 e. The number of carbonyl (C=O) groups excluding carboxylic acids is 1. The quantitative estimate of drug-likeness (QED) is 0.814. The van der Waals surface area contributed by atoms with Crippen LogP contribution in [-0.2, 0) is 4.79 Å². The molecule has 4 rings (SSSR count). The summed E-state index contributed by atoms with van der Waals surface area (Å²) in [5.41, 5.74) is 0.355. The van der Waals surface area contributed by atoms with Gasteiger partial charge in [0.2, 0.25) is 5.91 Å². The Labute approximate surface area is 122 Å². The molecular weight excluding hydrogens is 248 g/mol. The van der Waals surface area contributed by atoms with Crippen molar-refractivity contribution in [3.63, 3.8) is 0 Å². The van der Waals surface area contributed by atoms with Crippen molar-refractivity contribution in [3.05, 3.63) is 0 Å². The standard InChI is InChI=1S/C17H28N2O/c20-16(15-13-5-4-6-14(13)15)19-12-7-10-18-17(11-12)8-2-1-3-9-17/h12-15,18H,1-11H2,(H,19,20). The number of nitrogens with one attached hydrogen (secondary N) is 2. The first kappa shape index (κ1) is 13.1. The first-order valence-electron chi connectivity index (χ1n) is 8.83. The fraction of sp³-hybridized carbons (Fsp3) is 0.941. The lowest BCUT2D eigenvalue weighted by atomic mass is 9.75. The van der Waals surface area contributed by atoms with Crippen LogP contribution in [0.4, 0.5) is 0 Å². The molecule has 4 fully saturated rings. The first-order valence-corrected chi connectivity index (χ1v) is 8.83. The zero-order valence-corrected chi connectivity index (χ0v) is 12.5. The maximum absolute atomic E-state index is 12.4. The molecule has 2 N–H and O–H groups in total. The third-order valence-electron chi connectivity index (χ3n) is 6.50. The van der Waals surface area contributed by atoms with Gasteiger partial charge in [-0.05, 0) is 56.9 Å². The van der Waals surface area contributed by atoms with Gasteiger partial charge >= 0.3 is 0 Å². The fourth-order valence-electron chi connectivity index (χ4n) is 5.40. The molecule has 3 heteroatoms. The Bertz CT molecular complexity index is 373. The highest BCUT2D eigenvalue weighted by atomic mass is 16.2. The summed E-state index contributed by atoms with van der Waals surface area (Å²) in [7, 11) is 0. The summed E-state index contributed by atoms with van der Waals surface area (Å²) < 4.78 is 0. The van der Waals surface area contributed by atoms with Gasteiger partial charge in [-0.15, -0.1) is 0 Å². The molecule has 4 aliphatic rings. The average molecular weight is 276 g/mol. The van der Waals surface area contributed by atoms with Gasteiger partial charge in [0.05, 0.1) is 0 Å². The van der Waals surface area contributed by atoms with Crippen molar-refractivity contribution in [2.24, 2.45) is 17.8 Å². The van der Waals surface area contributed by atoms with E-state index in [1.54, 1.807) is 0 Å². The molecule has 0 aromatic carbocycles. The van der Waals surface area contributed by atoms with Gasteiger partial charge in [0.15, 0.2) is 0 Å². The van der Waals surface area contributed by atoms with E-state index in [0.29, 0.717) is 23.4 Å². The maximum Gasteiger partial charge on any atom is 0.223 e. The van der Waals surface area contributed by atoms with Gasteiger partial charge in [-0.2, -0.15) is 0 Å². The van der Waals surface area contributed by atoms with Crippen molar-refractivity contribution in [2.75, 3.05) is 6.54 Å². The van der Waals surface area contributed by atoms with Crippen molar-refractivity contribution in [2.45, 2.75) is 75.8 Å². The molecule has 0 radical (unpaired) electrons. The van der Waals surface area contributed by atoms with Gasteiger partial charge in [0, 0.05) is 17.5 Å². The zero-order chi connectivity index (χ0) is 13.6. The SMILES string of the molecule is O=C(NC1CCNC2(CCCCC2)C1)C1C2CCCC21. The van der Waals surface area contributed by atoms with Gasteiger partial charge < -0.3 is 10.6 Å². The van der Waals surface area contributed by atoms with Gasteiger partial charge in [-0.3, -0.25) is 4.79 Å². The Morgan fingerprint density at radius 1 is 1.00 bits per heavy atom. The van der Waals surface area contributed by atoms with Crippen LogP contribution in [-0.4, -0.2) is 24.0 Å². The van der Waals surface area contributed by atoms with Crippen LogP contribution in [0.5, 0.6) is 0 Å². The molecule has 112 valence electrons. The first-order chi connectivity index (χ1) is 9.77. The van der Waals surface area contributed by atoms with Crippen LogP contribution in [0.25, 0.3) is 0 Å². The summed E-state index contributed by atoms with van der Waals surface area (Å²) >= 11 is 0. The number of amides is 1. The number of hydrogen-bond donors (Lipinski definition) is 2. The summed E-state index contributed by atoms with van der Waals surface area (Å²) in [6.45, 7) is 1.09. The number of piperidine rings is 1. The Morgan fingerprint density at radius 3 is 2.50 bits per heavy atom. The highest BCUT2D eigenvalue weighted by Gasteiger charge is 2.56. The average Bonchev–Trinajstić information content (AvgIpc) is 2.94. The van der Waals surface area contributed by atoms with E-state index in [1.807, 2.05) is 0 Å². The van der Waals surface area contributed by atoms with Crippen LogP contribution in [0, 0.1) is 17.8 Å². The lowest BCUT2D eigenvalue weighted by Crippen LogP contribution is -2.57. The molecule has 3 saturated carbocycles. The molecule has 3 unspecified atom stereocenters. The van der Waals surface area contributed by atoms with E-state index in [2.05, 4.69) is 10.6 Å². The Hall–Kier alpha value is -0.570. The maximum atomic E-state index is 12.4. The Morgan fingerprint density at radius 2 is 1.75 bits per heavy atom. The van der Waals surface area contributed by atoms with Crippen LogP contribution in [0.3, 0.4) is 0 Å². The van der Waals surface area contributed by atoms with Crippen LogP contribution in [0.2, 0.25) is 0 Å². The smallest absolute Gasteiger partial charge is 0.223 e. The van der Waals surface area contributed by atoms with E-state index < -0.39 is 0 Å². The topological polar surface area (TPSA) is 41.1 Å². The molecule has 0 aromatic rings. The second-order valence-electron chi connectivity index (χ2n) is 7.75. The zero-order valence-electron chi connectivity index (χ0n) is 12.5. The number of hydrogen-bond acceptors (Lipinski definition) is 2. The van der Waals surface area contributed by atoms with Crippen LogP contribution in [0.15, 0.2) is 0 Å². The minimum atomic E-state index is 0.355. The molecule has 1 heterocycles. The lowest BCUT2D eigenvalue weighted by molar-refractivity contribution is -0.124. The summed E-state index contributed by atoms with van der Waals surface area (Å²) in [6, 6.07) is 0.433. The number of rotatable bonds is 2. The van der Waals surface area contributed by atoms with Crippen LogP contribution < -0.4 is 10.6 Å². The molecule has 1 aliphatic heterocycles. The van der Waals surface area contributed by atoms with Gasteiger partial charge in [-0.25, -0.2) is 0 Å². The summed E-state index contributed by atoms with van der Waals surface area (Å²) in [5, 5.41) is 7.17. The van der Waals surface area contributed by atoms with E-state index in [-0.39, 0.29) is 0 Å². The highest BCUT2D eigenvalue weighted by molar-refractivity contribution is 5.82. The normalized spacial score (nSPS) is 42.2. The van der Waals surface area contributed by atoms with E-state index in [4.69, 9.17) is 0 Å². The lowest BCUT2D eigenvalue weighted by Gasteiger charge is -2.44. The Kier molecular flexibility index (Phi) is 3.29. The molecule has 0 aromatic heterocycles. The Balaban J connectivity index is 1.33. The molecule has 1 amide bonds. The summed E-state index contributed by atoms with van der Waals surface area (Å²) in [6.07, 6.45) is 13.0. The summed E-state index contributed by atoms with van der Waals surface area (Å²) in [4.78, 5) is 12.4. The van der Waals surface area contributed by atoms with Crippen molar-refractivity contribution < 1.29 is 4.79 Å². The third-order valence-corrected chi connectivity index (χ3v) is 6.50. The fourth-order valence-corrected chi connectivity index (χ4v) is 5.40. The second-order valence-corrected chi connectivity index (χ2v) is 7.75. The molecule has 3 atom stereocenters. The molecule has 1 spiro atoms. The van der Waals surface area contributed by atoms with Crippen molar-refractivity contribution in [1.82, 2.24) is 10.6 Å². The molecular formula is C17H28N2O. The van der Waals surface area contributed by atoms with E-state index in [1.165, 1.54) is 57.8 Å². The van der Waals surface area contributed by atoms with Crippen LogP contribution >= 0.6 is 0 Å². The molecule has 3 aliphatic carbocycles. The molecule has 3 nitrogen and oxygen atoms in total. The van der Waals surface area contributed by atoms with Gasteiger partial charge in [-0.1, -0.05) is 25.7 Å². The number of fused-ring (bicyclic) bond motifs is 1. The predicted octanol–water partition coefficient (Wildman–Crippen LogP) is 2.60. The largest absolute Gasteiger partial charge is 0.353 e. The molecule has 20 heavy (non-hydrogen) atoms. The monoisotopic (exact) mass is 276 g/mol. The van der Waals surface area contributed by atoms with Crippen molar-refractivity contribution in [1.29, 1.82) is 0 Å².